The average molecular weight is 227 g/mol. The maximum absolute atomic E-state index is 11.8. The number of aliphatic hydroxyl groups is 1. The lowest BCUT2D eigenvalue weighted by atomic mass is 9.86. The van der Waals surface area contributed by atoms with E-state index in [1.54, 1.807) is 0 Å². The molecule has 0 saturated heterocycles. The molecule has 0 heterocycles. The lowest BCUT2D eigenvalue weighted by Crippen LogP contribution is -2.39. The minimum absolute atomic E-state index is 0.140. The van der Waals surface area contributed by atoms with E-state index in [1.807, 2.05) is 13.8 Å². The Morgan fingerprint density at radius 1 is 1.31 bits per heavy atom. The maximum atomic E-state index is 11.8. The van der Waals surface area contributed by atoms with Crippen molar-refractivity contribution >= 4 is 5.91 Å². The first-order valence-corrected chi connectivity index (χ1v) is 6.64. The lowest BCUT2D eigenvalue weighted by Gasteiger charge is -2.28. The number of nitrogens with one attached hydrogen (secondary N) is 1. The minimum atomic E-state index is -0.212. The molecular formula is C13H25NO2. The monoisotopic (exact) mass is 227 g/mol. The van der Waals surface area contributed by atoms with Crippen LogP contribution < -0.4 is 5.32 Å². The second-order valence-corrected chi connectivity index (χ2v) is 4.87. The van der Waals surface area contributed by atoms with E-state index in [-0.39, 0.29) is 23.8 Å². The van der Waals surface area contributed by atoms with Crippen LogP contribution in [0, 0.1) is 11.8 Å². The van der Waals surface area contributed by atoms with Gasteiger partial charge in [-0.05, 0) is 25.7 Å². The molecule has 0 aromatic rings. The predicted molar refractivity (Wildman–Crippen MR) is 65.0 cm³/mol. The van der Waals surface area contributed by atoms with Crippen molar-refractivity contribution < 1.29 is 9.90 Å². The highest BCUT2D eigenvalue weighted by Gasteiger charge is 2.24. The molecule has 1 rings (SSSR count). The van der Waals surface area contributed by atoms with Crippen molar-refractivity contribution in [3.8, 4) is 0 Å². The van der Waals surface area contributed by atoms with Crippen LogP contribution in [0.1, 0.15) is 52.4 Å². The van der Waals surface area contributed by atoms with Gasteiger partial charge in [0.1, 0.15) is 0 Å². The Kier molecular flexibility index (Phi) is 5.81. The molecule has 3 nitrogen and oxygen atoms in total. The van der Waals surface area contributed by atoms with Crippen LogP contribution in [0.4, 0.5) is 0 Å². The van der Waals surface area contributed by atoms with Crippen molar-refractivity contribution in [3.63, 3.8) is 0 Å². The molecule has 94 valence electrons. The van der Waals surface area contributed by atoms with E-state index in [0.29, 0.717) is 6.54 Å². The Morgan fingerprint density at radius 2 is 1.94 bits per heavy atom. The molecule has 2 atom stereocenters. The van der Waals surface area contributed by atoms with Crippen molar-refractivity contribution in [2.45, 2.75) is 58.5 Å². The minimum Gasteiger partial charge on any atom is -0.393 e. The van der Waals surface area contributed by atoms with Gasteiger partial charge in [0, 0.05) is 18.4 Å². The Hall–Kier alpha value is -0.570. The normalized spacial score (nSPS) is 25.8. The summed E-state index contributed by atoms with van der Waals surface area (Å²) in [6, 6.07) is 0. The molecule has 2 N–H and O–H groups in total. The third-order valence-corrected chi connectivity index (χ3v) is 3.76. The molecule has 0 bridgehead atoms. The van der Waals surface area contributed by atoms with Gasteiger partial charge in [-0.3, -0.25) is 4.79 Å². The summed E-state index contributed by atoms with van der Waals surface area (Å²) in [5, 5.41) is 12.8. The Morgan fingerprint density at radius 3 is 2.50 bits per heavy atom. The van der Waals surface area contributed by atoms with Gasteiger partial charge >= 0.3 is 0 Å². The second kappa shape index (κ2) is 6.89. The molecule has 0 spiro atoms. The molecule has 1 fully saturated rings. The molecule has 0 aromatic heterocycles. The van der Waals surface area contributed by atoms with Crippen LogP contribution in [0.2, 0.25) is 0 Å². The molecule has 1 aliphatic carbocycles. The van der Waals surface area contributed by atoms with E-state index in [2.05, 4.69) is 5.32 Å². The van der Waals surface area contributed by atoms with Gasteiger partial charge in [-0.2, -0.15) is 0 Å². The van der Waals surface area contributed by atoms with Gasteiger partial charge in [0.15, 0.2) is 0 Å². The van der Waals surface area contributed by atoms with Gasteiger partial charge in [0.05, 0.1) is 6.10 Å². The highest BCUT2D eigenvalue weighted by atomic mass is 16.3. The third-order valence-electron chi connectivity index (χ3n) is 3.76. The van der Waals surface area contributed by atoms with Crippen LogP contribution in [-0.2, 0) is 4.79 Å². The number of hydrogen-bond donors (Lipinski definition) is 2. The van der Waals surface area contributed by atoms with Gasteiger partial charge in [-0.25, -0.2) is 0 Å². The van der Waals surface area contributed by atoms with Crippen LogP contribution in [0.5, 0.6) is 0 Å². The van der Waals surface area contributed by atoms with Gasteiger partial charge in [0.2, 0.25) is 5.91 Å². The molecule has 0 aliphatic heterocycles. The highest BCUT2D eigenvalue weighted by molar-refractivity contribution is 5.78. The zero-order chi connectivity index (χ0) is 12.0. The third kappa shape index (κ3) is 3.78. The smallest absolute Gasteiger partial charge is 0.223 e. The molecule has 1 saturated carbocycles. The van der Waals surface area contributed by atoms with Crippen molar-refractivity contribution in [2.75, 3.05) is 6.54 Å². The fourth-order valence-electron chi connectivity index (χ4n) is 2.46. The van der Waals surface area contributed by atoms with Crippen LogP contribution in [0.25, 0.3) is 0 Å². The van der Waals surface area contributed by atoms with Crippen molar-refractivity contribution in [2.24, 2.45) is 11.8 Å². The topological polar surface area (TPSA) is 49.3 Å². The summed E-state index contributed by atoms with van der Waals surface area (Å²) in [4.78, 5) is 11.8. The Balaban J connectivity index is 2.29. The van der Waals surface area contributed by atoms with Crippen LogP contribution in [0.15, 0.2) is 0 Å². The van der Waals surface area contributed by atoms with Crippen molar-refractivity contribution in [3.05, 3.63) is 0 Å². The summed E-state index contributed by atoms with van der Waals surface area (Å²) < 4.78 is 0. The SMILES string of the molecule is CCC(CC)C(=O)NCC1CCCCC1O. The highest BCUT2D eigenvalue weighted by Crippen LogP contribution is 2.23. The second-order valence-electron chi connectivity index (χ2n) is 4.87. The average Bonchev–Trinajstić information content (AvgIpc) is 2.29. The largest absolute Gasteiger partial charge is 0.393 e. The fraction of sp³-hybridized carbons (Fsp3) is 0.923. The van der Waals surface area contributed by atoms with Gasteiger partial charge in [0.25, 0.3) is 0 Å². The lowest BCUT2D eigenvalue weighted by molar-refractivity contribution is -0.125. The molecule has 1 amide bonds. The number of aliphatic hydroxyl groups excluding tert-OH is 1. The van der Waals surface area contributed by atoms with Gasteiger partial charge in [-0.15, -0.1) is 0 Å². The molecule has 2 unspecified atom stereocenters. The van der Waals surface area contributed by atoms with E-state index in [1.165, 1.54) is 6.42 Å². The number of rotatable bonds is 5. The molecule has 1 aliphatic rings. The Labute approximate surface area is 98.6 Å². The van der Waals surface area contributed by atoms with Crippen LogP contribution in [-0.4, -0.2) is 23.7 Å². The maximum Gasteiger partial charge on any atom is 0.223 e. The van der Waals surface area contributed by atoms with Crippen molar-refractivity contribution in [1.29, 1.82) is 0 Å². The van der Waals surface area contributed by atoms with E-state index in [0.717, 1.165) is 32.1 Å². The number of carbonyl (C=O) groups excluding carboxylic acids is 1. The first-order chi connectivity index (χ1) is 7.69. The summed E-state index contributed by atoms with van der Waals surface area (Å²) >= 11 is 0. The number of amides is 1. The van der Waals surface area contributed by atoms with Gasteiger partial charge < -0.3 is 10.4 Å². The van der Waals surface area contributed by atoms with E-state index in [9.17, 15) is 9.90 Å². The van der Waals surface area contributed by atoms with E-state index < -0.39 is 0 Å². The molecular weight excluding hydrogens is 202 g/mol. The Bertz CT molecular complexity index is 214. The summed E-state index contributed by atoms with van der Waals surface area (Å²) in [6.45, 7) is 4.74. The quantitative estimate of drug-likeness (QED) is 0.755. The first kappa shape index (κ1) is 13.5. The van der Waals surface area contributed by atoms with E-state index in [4.69, 9.17) is 0 Å². The molecule has 16 heavy (non-hydrogen) atoms. The van der Waals surface area contributed by atoms with Crippen LogP contribution >= 0.6 is 0 Å². The number of hydrogen-bond acceptors (Lipinski definition) is 2. The molecule has 3 heteroatoms. The van der Waals surface area contributed by atoms with E-state index >= 15 is 0 Å². The predicted octanol–water partition coefficient (Wildman–Crippen LogP) is 2.09. The molecule has 0 radical (unpaired) electrons. The summed E-state index contributed by atoms with van der Waals surface area (Å²) in [5.74, 6) is 0.565. The zero-order valence-corrected chi connectivity index (χ0v) is 10.5. The first-order valence-electron chi connectivity index (χ1n) is 6.64. The van der Waals surface area contributed by atoms with Gasteiger partial charge in [-0.1, -0.05) is 26.7 Å². The van der Waals surface area contributed by atoms with Crippen molar-refractivity contribution in [1.82, 2.24) is 5.32 Å². The fourth-order valence-corrected chi connectivity index (χ4v) is 2.46. The number of carbonyl (C=O) groups is 1. The zero-order valence-electron chi connectivity index (χ0n) is 10.5. The standard InChI is InChI=1S/C13H25NO2/c1-3-10(4-2)13(16)14-9-11-7-5-6-8-12(11)15/h10-12,15H,3-9H2,1-2H3,(H,14,16). The summed E-state index contributed by atoms with van der Waals surface area (Å²) in [6.07, 6.45) is 5.83. The molecule has 0 aromatic carbocycles. The van der Waals surface area contributed by atoms with Crippen LogP contribution in [0.3, 0.4) is 0 Å². The summed E-state index contributed by atoms with van der Waals surface area (Å²) in [7, 11) is 0. The summed E-state index contributed by atoms with van der Waals surface area (Å²) in [5.41, 5.74) is 0.